The number of rotatable bonds is 3. The van der Waals surface area contributed by atoms with Gasteiger partial charge in [0.15, 0.2) is 0 Å². The summed E-state index contributed by atoms with van der Waals surface area (Å²) in [6, 6.07) is 5.24. The second-order valence-electron chi connectivity index (χ2n) is 3.77. The van der Waals surface area contributed by atoms with Crippen molar-refractivity contribution >= 4 is 39.1 Å². The van der Waals surface area contributed by atoms with Crippen LogP contribution in [0.15, 0.2) is 28.9 Å². The molecule has 1 aromatic carbocycles. The third-order valence-electron chi connectivity index (χ3n) is 2.65. The fourth-order valence-corrected chi connectivity index (χ4v) is 2.98. The topological polar surface area (TPSA) is 55.9 Å². The summed E-state index contributed by atoms with van der Waals surface area (Å²) in [6.45, 7) is 0. The van der Waals surface area contributed by atoms with E-state index < -0.39 is 0 Å². The summed E-state index contributed by atoms with van der Waals surface area (Å²) in [4.78, 5) is 0. The molecule has 0 aliphatic heterocycles. The van der Waals surface area contributed by atoms with Crippen molar-refractivity contribution < 1.29 is 0 Å². The Morgan fingerprint density at radius 2 is 2.17 bits per heavy atom. The van der Waals surface area contributed by atoms with Crippen LogP contribution in [0.2, 0.25) is 10.0 Å². The van der Waals surface area contributed by atoms with Crippen LogP contribution in [-0.2, 0) is 7.05 Å². The molecule has 0 spiro atoms. The first-order valence-electron chi connectivity index (χ1n) is 5.13. The zero-order chi connectivity index (χ0) is 13.3. The summed E-state index contributed by atoms with van der Waals surface area (Å²) < 4.78 is 2.55. The molecule has 7 heteroatoms. The average molecular weight is 350 g/mol. The number of nitrogens with two attached hydrogens (primary N) is 1. The molecule has 1 unspecified atom stereocenters. The van der Waals surface area contributed by atoms with Gasteiger partial charge in [-0.1, -0.05) is 45.2 Å². The third-order valence-corrected chi connectivity index (χ3v) is 3.86. The van der Waals surface area contributed by atoms with Gasteiger partial charge in [-0.2, -0.15) is 5.10 Å². The van der Waals surface area contributed by atoms with Crippen molar-refractivity contribution in [3.63, 3.8) is 0 Å². The van der Waals surface area contributed by atoms with Crippen molar-refractivity contribution in [3.05, 3.63) is 50.2 Å². The molecule has 1 heterocycles. The number of hydrazine groups is 1. The molecule has 0 fully saturated rings. The Hall–Kier alpha value is -0.590. The first-order chi connectivity index (χ1) is 8.54. The number of hydrogen-bond acceptors (Lipinski definition) is 3. The quantitative estimate of drug-likeness (QED) is 0.661. The molecule has 2 rings (SSSR count). The second kappa shape index (κ2) is 5.59. The molecular weight excluding hydrogens is 339 g/mol. The maximum atomic E-state index is 6.13. The Morgan fingerprint density at radius 3 is 2.67 bits per heavy atom. The van der Waals surface area contributed by atoms with Gasteiger partial charge < -0.3 is 0 Å². The van der Waals surface area contributed by atoms with Crippen LogP contribution in [0.25, 0.3) is 0 Å². The van der Waals surface area contributed by atoms with Crippen LogP contribution in [0.5, 0.6) is 0 Å². The molecule has 1 aromatic heterocycles. The number of aryl methyl sites for hydroxylation is 1. The van der Waals surface area contributed by atoms with Gasteiger partial charge in [0, 0.05) is 16.5 Å². The van der Waals surface area contributed by atoms with Gasteiger partial charge in [0.25, 0.3) is 0 Å². The van der Waals surface area contributed by atoms with Crippen LogP contribution in [0.4, 0.5) is 0 Å². The predicted molar refractivity (Wildman–Crippen MR) is 76.5 cm³/mol. The molecule has 0 radical (unpaired) electrons. The highest BCUT2D eigenvalue weighted by Gasteiger charge is 2.21. The summed E-state index contributed by atoms with van der Waals surface area (Å²) in [6.07, 6.45) is 1.59. The number of halogens is 3. The number of nitrogens with zero attached hydrogens (tertiary/aromatic N) is 2. The third kappa shape index (κ3) is 2.55. The molecule has 0 saturated carbocycles. The molecule has 2 aromatic rings. The maximum absolute atomic E-state index is 6.13. The van der Waals surface area contributed by atoms with Crippen LogP contribution >= 0.6 is 39.1 Å². The van der Waals surface area contributed by atoms with Crippen molar-refractivity contribution in [3.8, 4) is 0 Å². The highest BCUT2D eigenvalue weighted by molar-refractivity contribution is 9.10. The van der Waals surface area contributed by atoms with E-state index in [1.165, 1.54) is 0 Å². The lowest BCUT2D eigenvalue weighted by Gasteiger charge is -2.19. The Labute approximate surface area is 123 Å². The maximum Gasteiger partial charge on any atom is 0.0904 e. The monoisotopic (exact) mass is 348 g/mol. The van der Waals surface area contributed by atoms with Crippen molar-refractivity contribution in [1.82, 2.24) is 15.2 Å². The Balaban J connectivity index is 2.52. The van der Waals surface area contributed by atoms with Gasteiger partial charge in [-0.3, -0.25) is 10.5 Å². The molecule has 4 nitrogen and oxygen atoms in total. The van der Waals surface area contributed by atoms with Gasteiger partial charge in [-0.05, 0) is 17.7 Å². The minimum atomic E-state index is -0.267. The van der Waals surface area contributed by atoms with Gasteiger partial charge in [0.2, 0.25) is 0 Å². The van der Waals surface area contributed by atoms with Gasteiger partial charge in [-0.15, -0.1) is 0 Å². The fraction of sp³-hybridized carbons (Fsp3) is 0.182. The summed E-state index contributed by atoms with van der Waals surface area (Å²) in [5, 5.41) is 5.31. The molecule has 96 valence electrons. The Kier molecular flexibility index (Phi) is 4.29. The van der Waals surface area contributed by atoms with Crippen LogP contribution in [0.1, 0.15) is 17.3 Å². The zero-order valence-electron chi connectivity index (χ0n) is 9.49. The molecule has 0 amide bonds. The average Bonchev–Trinajstić information content (AvgIpc) is 2.64. The minimum Gasteiger partial charge on any atom is -0.271 e. The smallest absolute Gasteiger partial charge is 0.0904 e. The summed E-state index contributed by atoms with van der Waals surface area (Å²) >= 11 is 15.5. The zero-order valence-corrected chi connectivity index (χ0v) is 12.6. The van der Waals surface area contributed by atoms with Crippen LogP contribution in [0, 0.1) is 0 Å². The standard InChI is InChI=1S/C11H11BrCl2N4/c1-18-11(9(14)5-16-18)10(17-15)7-3-2-6(13)4-8(7)12/h2-5,10,17H,15H2,1H3. The predicted octanol–water partition coefficient (Wildman–Crippen LogP) is 3.04. The van der Waals surface area contributed by atoms with Crippen molar-refractivity contribution in [2.45, 2.75) is 6.04 Å². The highest BCUT2D eigenvalue weighted by atomic mass is 79.9. The second-order valence-corrected chi connectivity index (χ2v) is 5.46. The Bertz CT molecular complexity index is 551. The molecular formula is C11H11BrCl2N4. The SMILES string of the molecule is Cn1ncc(Cl)c1C(NN)c1ccc(Cl)cc1Br. The van der Waals surface area contributed by atoms with E-state index in [-0.39, 0.29) is 6.04 Å². The minimum absolute atomic E-state index is 0.267. The van der Waals surface area contributed by atoms with E-state index in [9.17, 15) is 0 Å². The first-order valence-corrected chi connectivity index (χ1v) is 6.68. The molecule has 0 aliphatic carbocycles. The lowest BCUT2D eigenvalue weighted by molar-refractivity contribution is 0.573. The van der Waals surface area contributed by atoms with E-state index in [0.717, 1.165) is 15.7 Å². The number of aromatic nitrogens is 2. The van der Waals surface area contributed by atoms with Crippen molar-refractivity contribution in [2.75, 3.05) is 0 Å². The first kappa shape index (κ1) is 13.8. The van der Waals surface area contributed by atoms with Gasteiger partial charge >= 0.3 is 0 Å². The van der Waals surface area contributed by atoms with Gasteiger partial charge in [-0.25, -0.2) is 5.43 Å². The van der Waals surface area contributed by atoms with E-state index in [2.05, 4.69) is 26.5 Å². The largest absolute Gasteiger partial charge is 0.271 e. The summed E-state index contributed by atoms with van der Waals surface area (Å²) in [5.41, 5.74) is 4.48. The van der Waals surface area contributed by atoms with Crippen molar-refractivity contribution in [1.29, 1.82) is 0 Å². The number of hydrogen-bond donors (Lipinski definition) is 2. The van der Waals surface area contributed by atoms with E-state index in [4.69, 9.17) is 29.0 Å². The van der Waals surface area contributed by atoms with Crippen molar-refractivity contribution in [2.24, 2.45) is 12.9 Å². The number of nitrogens with one attached hydrogen (secondary N) is 1. The summed E-state index contributed by atoms with van der Waals surface area (Å²) in [5.74, 6) is 5.64. The van der Waals surface area contributed by atoms with E-state index in [1.54, 1.807) is 16.9 Å². The number of benzene rings is 1. The molecule has 18 heavy (non-hydrogen) atoms. The van der Waals surface area contributed by atoms with E-state index >= 15 is 0 Å². The van der Waals surface area contributed by atoms with E-state index in [0.29, 0.717) is 10.0 Å². The molecule has 1 atom stereocenters. The fourth-order valence-electron chi connectivity index (χ4n) is 1.80. The lowest BCUT2D eigenvalue weighted by atomic mass is 10.0. The molecule has 3 N–H and O–H groups in total. The molecule has 0 bridgehead atoms. The van der Waals surface area contributed by atoms with Crippen LogP contribution < -0.4 is 11.3 Å². The van der Waals surface area contributed by atoms with Gasteiger partial charge in [0.05, 0.1) is 23.0 Å². The molecule has 0 aliphatic rings. The highest BCUT2D eigenvalue weighted by Crippen LogP contribution is 2.32. The van der Waals surface area contributed by atoms with E-state index in [1.807, 2.05) is 19.2 Å². The van der Waals surface area contributed by atoms with Gasteiger partial charge in [0.1, 0.15) is 0 Å². The summed E-state index contributed by atoms with van der Waals surface area (Å²) in [7, 11) is 1.81. The Morgan fingerprint density at radius 1 is 1.44 bits per heavy atom. The molecule has 0 saturated heterocycles. The normalized spacial score (nSPS) is 12.7. The van der Waals surface area contributed by atoms with Crippen LogP contribution in [0.3, 0.4) is 0 Å². The lowest BCUT2D eigenvalue weighted by Crippen LogP contribution is -2.30. The van der Waals surface area contributed by atoms with Crippen LogP contribution in [-0.4, -0.2) is 9.78 Å².